The zero-order chi connectivity index (χ0) is 21.1. The van der Waals surface area contributed by atoms with Crippen LogP contribution in [0.2, 0.25) is 0 Å². The zero-order valence-corrected chi connectivity index (χ0v) is 19.0. The molecule has 1 saturated heterocycles. The third-order valence-electron chi connectivity index (χ3n) is 5.48. The summed E-state index contributed by atoms with van der Waals surface area (Å²) in [5.74, 6) is 0.401. The average molecular weight is 442 g/mol. The Hall–Kier alpha value is -2.22. The molecule has 1 aliphatic heterocycles. The van der Waals surface area contributed by atoms with Gasteiger partial charge in [-0.1, -0.05) is 37.3 Å². The summed E-state index contributed by atoms with van der Waals surface area (Å²) in [6.45, 7) is 6.15. The Kier molecular flexibility index (Phi) is 6.22. The van der Waals surface area contributed by atoms with Crippen LogP contribution in [0.5, 0.6) is 0 Å². The molecule has 1 aromatic heterocycles. The summed E-state index contributed by atoms with van der Waals surface area (Å²) in [6, 6.07) is 17.2. The number of piperidine rings is 1. The standard InChI is InChI=1S/C23H27N3O2S2/c1-3-26-22(17-29-23(26)24-20-11-5-4-6-12-20)19-10-7-13-21(15-19)30(27,28)25-14-8-9-18(2)16-25/h4-7,10-13,15,17-18H,3,8-9,14,16H2,1-2H3. The highest BCUT2D eigenvalue weighted by atomic mass is 32.2. The van der Waals surface area contributed by atoms with Crippen molar-refractivity contribution in [2.45, 2.75) is 38.1 Å². The molecule has 1 aliphatic rings. The topological polar surface area (TPSA) is 54.7 Å². The largest absolute Gasteiger partial charge is 0.317 e. The lowest BCUT2D eigenvalue weighted by Crippen LogP contribution is -2.39. The molecule has 1 fully saturated rings. The van der Waals surface area contributed by atoms with Crippen molar-refractivity contribution < 1.29 is 8.42 Å². The molecule has 1 atom stereocenters. The monoisotopic (exact) mass is 441 g/mol. The molecular formula is C23H27N3O2S2. The minimum atomic E-state index is -3.48. The first-order valence-corrected chi connectivity index (χ1v) is 12.7. The molecule has 5 nitrogen and oxygen atoms in total. The quantitative estimate of drug-likeness (QED) is 0.566. The van der Waals surface area contributed by atoms with Crippen molar-refractivity contribution in [2.24, 2.45) is 10.9 Å². The van der Waals surface area contributed by atoms with E-state index in [2.05, 4.69) is 23.8 Å². The Bertz CT molecular complexity index is 1180. The highest BCUT2D eigenvalue weighted by Gasteiger charge is 2.28. The Balaban J connectivity index is 1.72. The van der Waals surface area contributed by atoms with Crippen molar-refractivity contribution in [3.8, 4) is 11.3 Å². The van der Waals surface area contributed by atoms with Crippen molar-refractivity contribution in [1.82, 2.24) is 8.87 Å². The van der Waals surface area contributed by atoms with E-state index in [0.29, 0.717) is 23.9 Å². The van der Waals surface area contributed by atoms with E-state index in [-0.39, 0.29) is 0 Å². The van der Waals surface area contributed by atoms with Crippen LogP contribution < -0.4 is 4.80 Å². The maximum Gasteiger partial charge on any atom is 0.243 e. The molecule has 0 bridgehead atoms. The third kappa shape index (κ3) is 4.29. The van der Waals surface area contributed by atoms with Gasteiger partial charge in [0.05, 0.1) is 16.3 Å². The fraction of sp³-hybridized carbons (Fsp3) is 0.348. The second-order valence-corrected chi connectivity index (χ2v) is 10.5. The number of aromatic nitrogens is 1. The number of para-hydroxylation sites is 1. The minimum Gasteiger partial charge on any atom is -0.317 e. The number of hydrogen-bond acceptors (Lipinski definition) is 4. The van der Waals surface area contributed by atoms with Gasteiger partial charge in [0.25, 0.3) is 0 Å². The van der Waals surface area contributed by atoms with Gasteiger partial charge in [-0.2, -0.15) is 4.31 Å². The summed E-state index contributed by atoms with van der Waals surface area (Å²) in [6.07, 6.45) is 2.01. The molecule has 158 valence electrons. The van der Waals surface area contributed by atoms with Gasteiger partial charge in [-0.05, 0) is 49.9 Å². The van der Waals surface area contributed by atoms with E-state index >= 15 is 0 Å². The van der Waals surface area contributed by atoms with Crippen molar-refractivity contribution in [3.05, 3.63) is 64.8 Å². The lowest BCUT2D eigenvalue weighted by atomic mass is 10.0. The number of rotatable bonds is 5. The van der Waals surface area contributed by atoms with Crippen LogP contribution in [0, 0.1) is 5.92 Å². The summed E-state index contributed by atoms with van der Waals surface area (Å²) in [4.78, 5) is 6.03. The van der Waals surface area contributed by atoms with Crippen molar-refractivity contribution in [1.29, 1.82) is 0 Å². The van der Waals surface area contributed by atoms with Crippen LogP contribution in [-0.4, -0.2) is 30.4 Å². The van der Waals surface area contributed by atoms with Gasteiger partial charge in [-0.25, -0.2) is 13.4 Å². The van der Waals surface area contributed by atoms with Gasteiger partial charge < -0.3 is 4.57 Å². The maximum absolute atomic E-state index is 13.2. The normalized spacial score (nSPS) is 18.6. The summed E-state index contributed by atoms with van der Waals surface area (Å²) < 4.78 is 30.2. The molecule has 7 heteroatoms. The number of sulfonamides is 1. The highest BCUT2D eigenvalue weighted by Crippen LogP contribution is 2.27. The van der Waals surface area contributed by atoms with Crippen LogP contribution >= 0.6 is 11.3 Å². The van der Waals surface area contributed by atoms with E-state index in [1.807, 2.05) is 42.5 Å². The van der Waals surface area contributed by atoms with E-state index in [1.54, 1.807) is 27.8 Å². The molecule has 0 N–H and O–H groups in total. The molecule has 0 saturated carbocycles. The Morgan fingerprint density at radius 1 is 1.13 bits per heavy atom. The number of benzene rings is 2. The van der Waals surface area contributed by atoms with E-state index in [9.17, 15) is 8.42 Å². The van der Waals surface area contributed by atoms with Crippen LogP contribution in [0.3, 0.4) is 0 Å². The van der Waals surface area contributed by atoms with E-state index in [0.717, 1.165) is 41.1 Å². The SMILES string of the molecule is CCn1c(-c2cccc(S(=O)(=O)N3CCCC(C)C3)c2)csc1=Nc1ccccc1. The van der Waals surface area contributed by atoms with Gasteiger partial charge in [0.2, 0.25) is 10.0 Å². The third-order valence-corrected chi connectivity index (χ3v) is 8.21. The lowest BCUT2D eigenvalue weighted by molar-refractivity contribution is 0.281. The zero-order valence-electron chi connectivity index (χ0n) is 17.4. The van der Waals surface area contributed by atoms with Crippen LogP contribution in [0.1, 0.15) is 26.7 Å². The number of thiazole rings is 1. The molecule has 0 aliphatic carbocycles. The molecular weight excluding hydrogens is 414 g/mol. The van der Waals surface area contributed by atoms with Crippen molar-refractivity contribution in [3.63, 3.8) is 0 Å². The first-order chi connectivity index (χ1) is 14.5. The minimum absolute atomic E-state index is 0.365. The highest BCUT2D eigenvalue weighted by molar-refractivity contribution is 7.89. The second-order valence-electron chi connectivity index (χ2n) is 7.73. The average Bonchev–Trinajstić information content (AvgIpc) is 3.17. The second kappa shape index (κ2) is 8.88. The van der Waals surface area contributed by atoms with E-state index in [4.69, 9.17) is 4.99 Å². The van der Waals surface area contributed by atoms with Crippen molar-refractivity contribution >= 4 is 27.0 Å². The van der Waals surface area contributed by atoms with Crippen LogP contribution in [0.15, 0.2) is 69.9 Å². The first-order valence-electron chi connectivity index (χ1n) is 10.4. The van der Waals surface area contributed by atoms with E-state index in [1.165, 1.54) is 0 Å². The molecule has 0 amide bonds. The Morgan fingerprint density at radius 3 is 2.67 bits per heavy atom. The summed E-state index contributed by atoms with van der Waals surface area (Å²) in [5, 5.41) is 2.06. The first kappa shape index (κ1) is 21.0. The van der Waals surface area contributed by atoms with Gasteiger partial charge >= 0.3 is 0 Å². The summed E-state index contributed by atoms with van der Waals surface area (Å²) >= 11 is 1.57. The van der Waals surface area contributed by atoms with Gasteiger partial charge in [-0.3, -0.25) is 0 Å². The Labute approximate surface area is 182 Å². The summed E-state index contributed by atoms with van der Waals surface area (Å²) in [5.41, 5.74) is 2.79. The van der Waals surface area contributed by atoms with E-state index < -0.39 is 10.0 Å². The molecule has 1 unspecified atom stereocenters. The molecule has 2 aromatic carbocycles. The fourth-order valence-corrected chi connectivity index (χ4v) is 6.54. The molecule has 30 heavy (non-hydrogen) atoms. The number of nitrogens with zero attached hydrogens (tertiary/aromatic N) is 3. The molecule has 0 radical (unpaired) electrons. The lowest BCUT2D eigenvalue weighted by Gasteiger charge is -2.30. The van der Waals surface area contributed by atoms with Crippen LogP contribution in [0.25, 0.3) is 11.3 Å². The summed E-state index contributed by atoms with van der Waals surface area (Å²) in [7, 11) is -3.48. The van der Waals surface area contributed by atoms with Crippen LogP contribution in [0.4, 0.5) is 5.69 Å². The molecule has 3 aromatic rings. The maximum atomic E-state index is 13.2. The fourth-order valence-electron chi connectivity index (χ4n) is 3.90. The van der Waals surface area contributed by atoms with Gasteiger partial charge in [0, 0.05) is 30.6 Å². The number of hydrogen-bond donors (Lipinski definition) is 0. The predicted molar refractivity (Wildman–Crippen MR) is 122 cm³/mol. The van der Waals surface area contributed by atoms with Crippen LogP contribution in [-0.2, 0) is 16.6 Å². The van der Waals surface area contributed by atoms with Crippen molar-refractivity contribution in [2.75, 3.05) is 13.1 Å². The molecule has 2 heterocycles. The van der Waals surface area contributed by atoms with Gasteiger partial charge in [0.15, 0.2) is 4.80 Å². The smallest absolute Gasteiger partial charge is 0.243 e. The molecule has 0 spiro atoms. The Morgan fingerprint density at radius 2 is 1.93 bits per heavy atom. The predicted octanol–water partition coefficient (Wildman–Crippen LogP) is 4.89. The van der Waals surface area contributed by atoms with Gasteiger partial charge in [-0.15, -0.1) is 11.3 Å². The van der Waals surface area contributed by atoms with Gasteiger partial charge in [0.1, 0.15) is 0 Å². The molecule has 4 rings (SSSR count).